The van der Waals surface area contributed by atoms with Gasteiger partial charge in [-0.3, -0.25) is 15.1 Å². The molecule has 2 amide bonds. The van der Waals surface area contributed by atoms with Crippen LogP contribution in [0.25, 0.3) is 0 Å². The zero-order valence-corrected chi connectivity index (χ0v) is 18.8. The van der Waals surface area contributed by atoms with Crippen LogP contribution in [0.1, 0.15) is 41.9 Å². The van der Waals surface area contributed by atoms with E-state index >= 15 is 0 Å². The average Bonchev–Trinajstić information content (AvgIpc) is 3.29. The summed E-state index contributed by atoms with van der Waals surface area (Å²) >= 11 is 4.46. The van der Waals surface area contributed by atoms with Crippen molar-refractivity contribution < 1.29 is 18.0 Å². The van der Waals surface area contributed by atoms with Crippen LogP contribution in [-0.2, 0) is 16.6 Å². The predicted octanol–water partition coefficient (Wildman–Crippen LogP) is 3.37. The number of nitrogens with one attached hydrogen (secondary N) is 3. The molecule has 29 heavy (non-hydrogen) atoms. The number of aromatic nitrogens is 2. The second-order valence-electron chi connectivity index (χ2n) is 6.66. The Labute approximate surface area is 180 Å². The first-order valence-corrected chi connectivity index (χ1v) is 12.4. The molecule has 0 aromatic carbocycles. The number of halogens is 1. The summed E-state index contributed by atoms with van der Waals surface area (Å²) in [6, 6.07) is 2.71. The lowest BCUT2D eigenvalue weighted by Crippen LogP contribution is -2.23. The molecule has 3 rings (SSSR count). The standard InChI is InChI=1S/C17H20BrN5O4S2/c1-29(26,27)20-9-12-15(18)28-17(22-12)23-16(25)21-11-7-4-8-19-13(11)14(24)10-5-2-3-6-10/h4,7-8,10,20H,2-3,5-6,9H2,1H3,(H2,21,22,23,25). The Morgan fingerprint density at radius 2 is 2.00 bits per heavy atom. The molecule has 156 valence electrons. The molecule has 0 radical (unpaired) electrons. The van der Waals surface area contributed by atoms with E-state index in [-0.39, 0.29) is 29.1 Å². The molecule has 1 aliphatic rings. The van der Waals surface area contributed by atoms with Gasteiger partial charge in [0.05, 0.1) is 28.0 Å². The van der Waals surface area contributed by atoms with Crippen molar-refractivity contribution >= 4 is 59.9 Å². The van der Waals surface area contributed by atoms with Gasteiger partial charge in [-0.15, -0.1) is 0 Å². The molecule has 2 aromatic rings. The number of carbonyl (C=O) groups excluding carboxylic acids is 2. The van der Waals surface area contributed by atoms with Crippen molar-refractivity contribution in [1.29, 1.82) is 0 Å². The van der Waals surface area contributed by atoms with Crippen molar-refractivity contribution in [3.8, 4) is 0 Å². The molecule has 0 saturated heterocycles. The van der Waals surface area contributed by atoms with Gasteiger partial charge in [-0.05, 0) is 40.9 Å². The summed E-state index contributed by atoms with van der Waals surface area (Å²) in [5.74, 6) is -0.0992. The second kappa shape index (κ2) is 9.28. The number of urea groups is 1. The van der Waals surface area contributed by atoms with E-state index in [1.54, 1.807) is 12.1 Å². The van der Waals surface area contributed by atoms with Gasteiger partial charge in [0.2, 0.25) is 10.0 Å². The van der Waals surface area contributed by atoms with E-state index in [0.29, 0.717) is 15.2 Å². The SMILES string of the molecule is CS(=O)(=O)NCc1nc(NC(=O)Nc2cccnc2C(=O)C2CCCC2)sc1Br. The topological polar surface area (TPSA) is 130 Å². The van der Waals surface area contributed by atoms with Crippen molar-refractivity contribution in [3.63, 3.8) is 0 Å². The Hall–Kier alpha value is -1.89. The number of anilines is 2. The first kappa shape index (κ1) is 21.8. The lowest BCUT2D eigenvalue weighted by molar-refractivity contribution is 0.0918. The number of Topliss-reactive ketones (excluding diaryl/α,β-unsaturated/α-hetero) is 1. The number of sulfonamides is 1. The molecule has 2 heterocycles. The fourth-order valence-electron chi connectivity index (χ4n) is 3.03. The minimum absolute atomic E-state index is 0.00184. The fourth-order valence-corrected chi connectivity index (χ4v) is 4.82. The van der Waals surface area contributed by atoms with Gasteiger partial charge in [0.1, 0.15) is 5.69 Å². The number of hydrogen-bond acceptors (Lipinski definition) is 7. The quantitative estimate of drug-likeness (QED) is 0.498. The van der Waals surface area contributed by atoms with Crippen LogP contribution in [0.2, 0.25) is 0 Å². The first-order valence-electron chi connectivity index (χ1n) is 8.90. The normalized spacial score (nSPS) is 14.7. The molecular weight excluding hydrogens is 482 g/mol. The van der Waals surface area contributed by atoms with E-state index in [1.165, 1.54) is 6.20 Å². The molecule has 0 aliphatic heterocycles. The van der Waals surface area contributed by atoms with Gasteiger partial charge >= 0.3 is 6.03 Å². The Kier molecular flexibility index (Phi) is 6.98. The van der Waals surface area contributed by atoms with Crippen molar-refractivity contribution in [2.75, 3.05) is 16.9 Å². The molecule has 3 N–H and O–H groups in total. The second-order valence-corrected chi connectivity index (χ2v) is 10.8. The van der Waals surface area contributed by atoms with Crippen molar-refractivity contribution in [2.24, 2.45) is 5.92 Å². The van der Waals surface area contributed by atoms with Gasteiger partial charge in [-0.1, -0.05) is 24.2 Å². The smallest absolute Gasteiger partial charge is 0.305 e. The van der Waals surface area contributed by atoms with Crippen molar-refractivity contribution in [3.05, 3.63) is 33.5 Å². The van der Waals surface area contributed by atoms with Crippen LogP contribution >= 0.6 is 27.3 Å². The van der Waals surface area contributed by atoms with Crippen LogP contribution in [-0.4, -0.2) is 36.5 Å². The van der Waals surface area contributed by atoms with E-state index in [4.69, 9.17) is 0 Å². The van der Waals surface area contributed by atoms with E-state index < -0.39 is 16.1 Å². The molecular formula is C17H20BrN5O4S2. The summed E-state index contributed by atoms with van der Waals surface area (Å²) in [5, 5.41) is 5.53. The number of ketones is 1. The number of amides is 2. The van der Waals surface area contributed by atoms with Gasteiger partial charge in [0.15, 0.2) is 10.9 Å². The summed E-state index contributed by atoms with van der Waals surface area (Å²) < 4.78 is 25.4. The summed E-state index contributed by atoms with van der Waals surface area (Å²) in [6.45, 7) is 0.00184. The van der Waals surface area contributed by atoms with Crippen molar-refractivity contribution in [1.82, 2.24) is 14.7 Å². The third-order valence-electron chi connectivity index (χ3n) is 4.39. The summed E-state index contributed by atoms with van der Waals surface area (Å²) in [7, 11) is -3.36. The van der Waals surface area contributed by atoms with Crippen LogP contribution in [0, 0.1) is 5.92 Å². The van der Waals surface area contributed by atoms with Gasteiger partial charge in [0.25, 0.3) is 0 Å². The number of rotatable bonds is 7. The number of carbonyl (C=O) groups is 2. The Bertz CT molecular complexity index is 1020. The maximum absolute atomic E-state index is 12.7. The van der Waals surface area contributed by atoms with Crippen LogP contribution in [0.5, 0.6) is 0 Å². The number of thiazole rings is 1. The third kappa shape index (κ3) is 6.04. The number of nitrogens with zero attached hydrogens (tertiary/aromatic N) is 2. The summed E-state index contributed by atoms with van der Waals surface area (Å²) in [4.78, 5) is 33.5. The van der Waals surface area contributed by atoms with Crippen LogP contribution in [0.15, 0.2) is 22.1 Å². The molecule has 2 aromatic heterocycles. The molecule has 1 saturated carbocycles. The van der Waals surface area contributed by atoms with Crippen LogP contribution in [0.3, 0.4) is 0 Å². The van der Waals surface area contributed by atoms with Crippen LogP contribution < -0.4 is 15.4 Å². The predicted molar refractivity (Wildman–Crippen MR) is 115 cm³/mol. The number of hydrogen-bond donors (Lipinski definition) is 3. The molecule has 0 atom stereocenters. The summed E-state index contributed by atoms with van der Waals surface area (Å²) in [6.07, 6.45) is 6.34. The lowest BCUT2D eigenvalue weighted by Gasteiger charge is -2.12. The van der Waals surface area contributed by atoms with E-state index in [0.717, 1.165) is 43.3 Å². The minimum Gasteiger partial charge on any atom is -0.305 e. The number of pyridine rings is 1. The van der Waals surface area contributed by atoms with E-state index in [1.807, 2.05) is 0 Å². The van der Waals surface area contributed by atoms with E-state index in [9.17, 15) is 18.0 Å². The molecule has 1 fully saturated rings. The van der Waals surface area contributed by atoms with Gasteiger partial charge in [0, 0.05) is 12.1 Å². The fraction of sp³-hybridized carbons (Fsp3) is 0.412. The first-order chi connectivity index (χ1) is 13.7. The molecule has 0 spiro atoms. The highest BCUT2D eigenvalue weighted by atomic mass is 79.9. The van der Waals surface area contributed by atoms with Crippen molar-refractivity contribution in [2.45, 2.75) is 32.2 Å². The maximum Gasteiger partial charge on any atom is 0.325 e. The Morgan fingerprint density at radius 3 is 2.69 bits per heavy atom. The monoisotopic (exact) mass is 501 g/mol. The maximum atomic E-state index is 12.7. The minimum atomic E-state index is -3.36. The highest BCUT2D eigenvalue weighted by Gasteiger charge is 2.27. The largest absolute Gasteiger partial charge is 0.325 e. The molecule has 0 bridgehead atoms. The Balaban J connectivity index is 1.66. The highest BCUT2D eigenvalue weighted by molar-refractivity contribution is 9.11. The summed E-state index contributed by atoms with van der Waals surface area (Å²) in [5.41, 5.74) is 1.05. The van der Waals surface area contributed by atoms with Gasteiger partial charge < -0.3 is 5.32 Å². The van der Waals surface area contributed by atoms with Gasteiger partial charge in [-0.2, -0.15) is 0 Å². The zero-order chi connectivity index (χ0) is 21.0. The van der Waals surface area contributed by atoms with Crippen LogP contribution in [0.4, 0.5) is 15.6 Å². The molecule has 12 heteroatoms. The van der Waals surface area contributed by atoms with E-state index in [2.05, 4.69) is 41.3 Å². The highest BCUT2D eigenvalue weighted by Crippen LogP contribution is 2.30. The Morgan fingerprint density at radius 1 is 1.28 bits per heavy atom. The average molecular weight is 502 g/mol. The zero-order valence-electron chi connectivity index (χ0n) is 15.6. The molecule has 9 nitrogen and oxygen atoms in total. The third-order valence-corrected chi connectivity index (χ3v) is 6.80. The van der Waals surface area contributed by atoms with Gasteiger partial charge in [-0.25, -0.2) is 22.9 Å². The molecule has 1 aliphatic carbocycles. The molecule has 0 unspecified atom stereocenters. The lowest BCUT2D eigenvalue weighted by atomic mass is 9.99.